The monoisotopic (exact) mass is 408 g/mol. The van der Waals surface area contributed by atoms with E-state index < -0.39 is 5.97 Å². The van der Waals surface area contributed by atoms with Crippen LogP contribution < -0.4 is 5.56 Å². The molecule has 0 saturated heterocycles. The van der Waals surface area contributed by atoms with E-state index >= 15 is 0 Å². The van der Waals surface area contributed by atoms with E-state index in [1.54, 1.807) is 23.6 Å². The number of carbonyl (C=O) groups is 1. The Labute approximate surface area is 171 Å². The Bertz CT molecular complexity index is 1280. The van der Waals surface area contributed by atoms with Gasteiger partial charge in [-0.1, -0.05) is 29.8 Å². The van der Waals surface area contributed by atoms with E-state index in [2.05, 4.69) is 9.72 Å². The molecule has 0 aliphatic rings. The number of hydrogen-bond donors (Lipinski definition) is 0. The molecule has 0 fully saturated rings. The molecule has 1 aromatic carbocycles. The van der Waals surface area contributed by atoms with Crippen molar-refractivity contribution in [3.63, 3.8) is 0 Å². The molecule has 0 radical (unpaired) electrons. The number of carbonyl (C=O) groups excluding carboxylic acids is 1. The lowest BCUT2D eigenvalue weighted by Crippen LogP contribution is -2.24. The molecule has 4 rings (SSSR count). The summed E-state index contributed by atoms with van der Waals surface area (Å²) in [5.41, 5.74) is 2.96. The Balaban J connectivity index is 1.84. The zero-order valence-electron chi connectivity index (χ0n) is 16.6. The largest absolute Gasteiger partial charge is 0.463 e. The molecule has 0 amide bonds. The number of ether oxygens (including phenoxy) is 1. The molecule has 0 spiro atoms. The van der Waals surface area contributed by atoms with Crippen molar-refractivity contribution < 1.29 is 13.9 Å². The Kier molecular flexibility index (Phi) is 4.84. The molecular formula is C22H20N2O4S. The van der Waals surface area contributed by atoms with Crippen molar-refractivity contribution in [2.24, 2.45) is 0 Å². The number of rotatable bonds is 4. The van der Waals surface area contributed by atoms with Crippen molar-refractivity contribution in [1.29, 1.82) is 0 Å². The highest BCUT2D eigenvalue weighted by Crippen LogP contribution is 2.35. The molecule has 0 aliphatic heterocycles. The number of aromatic nitrogens is 2. The van der Waals surface area contributed by atoms with Crippen molar-refractivity contribution in [3.8, 4) is 11.1 Å². The highest BCUT2D eigenvalue weighted by Gasteiger charge is 2.20. The van der Waals surface area contributed by atoms with Crippen molar-refractivity contribution >= 4 is 27.5 Å². The van der Waals surface area contributed by atoms with E-state index in [9.17, 15) is 9.59 Å². The number of thiophene rings is 1. The van der Waals surface area contributed by atoms with E-state index in [0.29, 0.717) is 17.0 Å². The van der Waals surface area contributed by atoms with Crippen LogP contribution in [0.2, 0.25) is 0 Å². The number of benzene rings is 1. The fraction of sp³-hybridized carbons (Fsp3) is 0.227. The summed E-state index contributed by atoms with van der Waals surface area (Å²) in [7, 11) is 1.29. The lowest BCUT2D eigenvalue weighted by Gasteiger charge is -2.09. The van der Waals surface area contributed by atoms with Gasteiger partial charge in [0.05, 0.1) is 19.0 Å². The maximum absolute atomic E-state index is 13.4. The Morgan fingerprint density at radius 3 is 2.55 bits per heavy atom. The predicted octanol–water partition coefficient (Wildman–Crippen LogP) is 4.48. The minimum Gasteiger partial charge on any atom is -0.463 e. The summed E-state index contributed by atoms with van der Waals surface area (Å²) in [5.74, 6) is 0.633. The fourth-order valence-corrected chi connectivity index (χ4v) is 4.46. The zero-order chi connectivity index (χ0) is 20.7. The van der Waals surface area contributed by atoms with E-state index in [1.807, 2.05) is 38.1 Å². The summed E-state index contributed by atoms with van der Waals surface area (Å²) in [6.45, 7) is 6.03. The summed E-state index contributed by atoms with van der Waals surface area (Å²) < 4.78 is 11.8. The molecule has 148 valence electrons. The molecule has 29 heavy (non-hydrogen) atoms. The van der Waals surface area contributed by atoms with Crippen LogP contribution >= 0.6 is 11.3 Å². The average molecular weight is 408 g/mol. The van der Waals surface area contributed by atoms with Gasteiger partial charge in [-0.3, -0.25) is 9.36 Å². The number of furan rings is 1. The first kappa shape index (κ1) is 19.1. The maximum Gasteiger partial charge on any atom is 0.373 e. The van der Waals surface area contributed by atoms with Crippen LogP contribution in [0.25, 0.3) is 21.3 Å². The molecule has 3 aromatic heterocycles. The van der Waals surface area contributed by atoms with E-state index in [0.717, 1.165) is 26.4 Å². The number of aryl methyl sites for hydroxylation is 3. The molecule has 0 atom stereocenters. The van der Waals surface area contributed by atoms with Crippen molar-refractivity contribution in [2.45, 2.75) is 27.3 Å². The molecule has 0 saturated carbocycles. The summed E-state index contributed by atoms with van der Waals surface area (Å²) >= 11 is 1.52. The molecule has 0 bridgehead atoms. The number of methoxy groups -OCH3 is 1. The van der Waals surface area contributed by atoms with Gasteiger partial charge in [0.25, 0.3) is 5.56 Å². The average Bonchev–Trinajstić information content (AvgIpc) is 3.29. The normalized spacial score (nSPS) is 11.2. The van der Waals surface area contributed by atoms with Gasteiger partial charge in [0.1, 0.15) is 16.4 Å². The van der Waals surface area contributed by atoms with Crippen LogP contribution in [-0.4, -0.2) is 22.6 Å². The Hall–Kier alpha value is -3.19. The van der Waals surface area contributed by atoms with Gasteiger partial charge in [-0.05, 0) is 38.5 Å². The van der Waals surface area contributed by atoms with E-state index in [1.165, 1.54) is 18.4 Å². The van der Waals surface area contributed by atoms with Crippen LogP contribution in [-0.2, 0) is 11.3 Å². The first-order valence-corrected chi connectivity index (χ1v) is 9.95. The van der Waals surface area contributed by atoms with E-state index in [4.69, 9.17) is 4.42 Å². The SMILES string of the molecule is COC(=O)c1ccc(Cn2c(C)nc3sc(C)c(-c4ccc(C)cc4)c3c2=O)o1. The zero-order valence-corrected chi connectivity index (χ0v) is 17.4. The summed E-state index contributed by atoms with van der Waals surface area (Å²) in [6, 6.07) is 11.3. The lowest BCUT2D eigenvalue weighted by molar-refractivity contribution is 0.0563. The molecule has 6 nitrogen and oxygen atoms in total. The van der Waals surface area contributed by atoms with Crippen LogP contribution in [0, 0.1) is 20.8 Å². The molecule has 0 aliphatic carbocycles. The van der Waals surface area contributed by atoms with Crippen LogP contribution in [0.5, 0.6) is 0 Å². The topological polar surface area (TPSA) is 74.3 Å². The highest BCUT2D eigenvalue weighted by molar-refractivity contribution is 7.19. The van der Waals surface area contributed by atoms with Crippen LogP contribution in [0.4, 0.5) is 0 Å². The van der Waals surface area contributed by atoms with Gasteiger partial charge in [-0.2, -0.15) is 0 Å². The van der Waals surface area contributed by atoms with Crippen molar-refractivity contribution in [1.82, 2.24) is 9.55 Å². The Morgan fingerprint density at radius 1 is 1.14 bits per heavy atom. The second kappa shape index (κ2) is 7.33. The molecule has 0 unspecified atom stereocenters. The third kappa shape index (κ3) is 3.38. The highest BCUT2D eigenvalue weighted by atomic mass is 32.1. The van der Waals surface area contributed by atoms with Gasteiger partial charge >= 0.3 is 5.97 Å². The van der Waals surface area contributed by atoms with Crippen molar-refractivity contribution in [3.05, 3.63) is 74.5 Å². The van der Waals surface area contributed by atoms with Gasteiger partial charge in [0, 0.05) is 10.4 Å². The third-order valence-corrected chi connectivity index (χ3v) is 5.88. The standard InChI is InChI=1S/C22H20N2O4S/c1-12-5-7-15(8-6-12)18-13(2)29-20-19(18)21(25)24(14(3)23-20)11-16-9-10-17(28-16)22(26)27-4/h5-10H,11H2,1-4H3. The molecule has 7 heteroatoms. The molecule has 0 N–H and O–H groups in total. The lowest BCUT2D eigenvalue weighted by atomic mass is 10.0. The van der Waals surface area contributed by atoms with Crippen LogP contribution in [0.15, 0.2) is 45.6 Å². The third-order valence-electron chi connectivity index (χ3n) is 4.88. The number of esters is 1. The second-order valence-electron chi connectivity index (χ2n) is 6.89. The molecule has 3 heterocycles. The molecule has 4 aromatic rings. The van der Waals surface area contributed by atoms with Crippen molar-refractivity contribution in [2.75, 3.05) is 7.11 Å². The van der Waals surface area contributed by atoms with E-state index in [-0.39, 0.29) is 17.9 Å². The fourth-order valence-electron chi connectivity index (χ4n) is 3.38. The van der Waals surface area contributed by atoms with Gasteiger partial charge in [0.2, 0.25) is 5.76 Å². The minimum atomic E-state index is -0.552. The summed E-state index contributed by atoms with van der Waals surface area (Å²) in [6.07, 6.45) is 0. The number of nitrogens with zero attached hydrogens (tertiary/aromatic N) is 2. The quantitative estimate of drug-likeness (QED) is 0.466. The van der Waals surface area contributed by atoms with Crippen LogP contribution in [0.3, 0.4) is 0 Å². The summed E-state index contributed by atoms with van der Waals surface area (Å²) in [4.78, 5) is 31.5. The van der Waals surface area contributed by atoms with Crippen LogP contribution in [0.1, 0.15) is 32.6 Å². The minimum absolute atomic E-state index is 0.106. The van der Waals surface area contributed by atoms with Gasteiger partial charge in [-0.15, -0.1) is 11.3 Å². The summed E-state index contributed by atoms with van der Waals surface area (Å²) in [5, 5.41) is 0.613. The van der Waals surface area contributed by atoms with Gasteiger partial charge in [-0.25, -0.2) is 9.78 Å². The van der Waals surface area contributed by atoms with Gasteiger partial charge in [0.15, 0.2) is 0 Å². The number of fused-ring (bicyclic) bond motifs is 1. The Morgan fingerprint density at radius 2 is 1.86 bits per heavy atom. The first-order valence-electron chi connectivity index (χ1n) is 9.13. The maximum atomic E-state index is 13.4. The van der Waals surface area contributed by atoms with Gasteiger partial charge < -0.3 is 9.15 Å². The predicted molar refractivity (Wildman–Crippen MR) is 113 cm³/mol. The molecular weight excluding hydrogens is 388 g/mol. The second-order valence-corrected chi connectivity index (χ2v) is 8.09. The first-order chi connectivity index (χ1) is 13.9. The smallest absolute Gasteiger partial charge is 0.373 e. The number of hydrogen-bond acceptors (Lipinski definition) is 6.